The maximum absolute atomic E-state index is 10.4. The van der Waals surface area contributed by atoms with Gasteiger partial charge in [-0.25, -0.2) is 4.79 Å². The highest BCUT2D eigenvalue weighted by atomic mass is 32.1. The van der Waals surface area contributed by atoms with Crippen LogP contribution in [0.1, 0.15) is 5.56 Å². The summed E-state index contributed by atoms with van der Waals surface area (Å²) in [5.74, 6) is -1.28. The van der Waals surface area contributed by atoms with E-state index < -0.39 is 11.7 Å². The number of rotatable bonds is 2. The quantitative estimate of drug-likeness (QED) is 0.358. The highest BCUT2D eigenvalue weighted by Gasteiger charge is 2.14. The standard InChI is InChI=1S/C6H6N2O3S/c7-4-1-3(2-12-4)5(8-11)6(9)10/h1-2,11H,7H2,(H,9,10). The second-order valence-corrected chi connectivity index (χ2v) is 2.93. The van der Waals surface area contributed by atoms with Crippen LogP contribution in [-0.4, -0.2) is 22.0 Å². The zero-order chi connectivity index (χ0) is 9.14. The molecule has 0 aliphatic carbocycles. The summed E-state index contributed by atoms with van der Waals surface area (Å²) in [6, 6.07) is 1.44. The second-order valence-electron chi connectivity index (χ2n) is 1.99. The first-order valence-electron chi connectivity index (χ1n) is 2.95. The third kappa shape index (κ3) is 1.54. The number of thiophene rings is 1. The maximum Gasteiger partial charge on any atom is 0.358 e. The van der Waals surface area contributed by atoms with Gasteiger partial charge in [0.25, 0.3) is 0 Å². The van der Waals surface area contributed by atoms with E-state index >= 15 is 0 Å². The molecule has 0 atom stereocenters. The lowest BCUT2D eigenvalue weighted by atomic mass is 10.2. The van der Waals surface area contributed by atoms with E-state index in [0.29, 0.717) is 10.6 Å². The third-order valence-electron chi connectivity index (χ3n) is 1.20. The van der Waals surface area contributed by atoms with Crippen LogP contribution in [0.15, 0.2) is 16.6 Å². The van der Waals surface area contributed by atoms with Gasteiger partial charge in [-0.2, -0.15) is 0 Å². The van der Waals surface area contributed by atoms with Crippen molar-refractivity contribution in [2.24, 2.45) is 5.16 Å². The predicted octanol–water partition coefficient (Wildman–Crippen LogP) is 0.593. The number of hydrogen-bond donors (Lipinski definition) is 3. The molecular formula is C6H6N2O3S. The number of nitrogens with zero attached hydrogens (tertiary/aromatic N) is 1. The first kappa shape index (κ1) is 8.54. The van der Waals surface area contributed by atoms with Crippen molar-refractivity contribution in [1.82, 2.24) is 0 Å². The molecule has 0 aliphatic rings. The second kappa shape index (κ2) is 3.22. The van der Waals surface area contributed by atoms with E-state index in [-0.39, 0.29) is 0 Å². The van der Waals surface area contributed by atoms with Crippen molar-refractivity contribution >= 4 is 28.0 Å². The van der Waals surface area contributed by atoms with Crippen LogP contribution >= 0.6 is 11.3 Å². The molecule has 6 heteroatoms. The van der Waals surface area contributed by atoms with Crippen molar-refractivity contribution in [1.29, 1.82) is 0 Å². The van der Waals surface area contributed by atoms with Crippen molar-refractivity contribution in [2.75, 3.05) is 5.73 Å². The summed E-state index contributed by atoms with van der Waals surface area (Å²) in [5, 5.41) is 21.5. The van der Waals surface area contributed by atoms with Gasteiger partial charge in [0, 0.05) is 10.9 Å². The molecule has 5 nitrogen and oxygen atoms in total. The maximum atomic E-state index is 10.4. The van der Waals surface area contributed by atoms with Crippen molar-refractivity contribution in [3.05, 3.63) is 17.0 Å². The lowest BCUT2D eigenvalue weighted by molar-refractivity contribution is -0.129. The SMILES string of the molecule is Nc1cc(C(=NO)C(=O)O)cs1. The molecule has 0 saturated carbocycles. The molecular weight excluding hydrogens is 180 g/mol. The van der Waals surface area contributed by atoms with E-state index in [1.165, 1.54) is 22.8 Å². The van der Waals surface area contributed by atoms with Crippen LogP contribution in [0.2, 0.25) is 0 Å². The van der Waals surface area contributed by atoms with Crippen molar-refractivity contribution < 1.29 is 15.1 Å². The van der Waals surface area contributed by atoms with Gasteiger partial charge in [-0.1, -0.05) is 5.16 Å². The zero-order valence-corrected chi connectivity index (χ0v) is 6.71. The van der Waals surface area contributed by atoms with Crippen molar-refractivity contribution in [2.45, 2.75) is 0 Å². The van der Waals surface area contributed by atoms with E-state index in [1.807, 2.05) is 0 Å². The lowest BCUT2D eigenvalue weighted by Gasteiger charge is -1.91. The molecule has 12 heavy (non-hydrogen) atoms. The molecule has 1 aromatic rings. The van der Waals surface area contributed by atoms with Crippen LogP contribution in [0, 0.1) is 0 Å². The Morgan fingerprint density at radius 1 is 1.67 bits per heavy atom. The van der Waals surface area contributed by atoms with Gasteiger partial charge in [0.1, 0.15) is 0 Å². The predicted molar refractivity (Wildman–Crippen MR) is 44.7 cm³/mol. The Balaban J connectivity index is 3.04. The number of carbonyl (C=O) groups is 1. The fourth-order valence-corrected chi connectivity index (χ4v) is 1.34. The van der Waals surface area contributed by atoms with E-state index in [1.54, 1.807) is 0 Å². The molecule has 1 heterocycles. The minimum atomic E-state index is -1.28. The molecule has 0 unspecified atom stereocenters. The van der Waals surface area contributed by atoms with Crippen LogP contribution in [0.25, 0.3) is 0 Å². The number of oxime groups is 1. The minimum absolute atomic E-state index is 0.313. The number of carboxylic acids is 1. The van der Waals surface area contributed by atoms with Gasteiger partial charge < -0.3 is 16.0 Å². The summed E-state index contributed by atoms with van der Waals surface area (Å²) in [5.41, 5.74) is 5.27. The Hall–Kier alpha value is -1.56. The van der Waals surface area contributed by atoms with Gasteiger partial charge in [0.15, 0.2) is 5.71 Å². The zero-order valence-electron chi connectivity index (χ0n) is 5.89. The van der Waals surface area contributed by atoms with E-state index in [4.69, 9.17) is 16.0 Å². The van der Waals surface area contributed by atoms with Gasteiger partial charge in [0.05, 0.1) is 5.00 Å². The number of nitrogens with two attached hydrogens (primary N) is 1. The molecule has 1 aromatic heterocycles. The van der Waals surface area contributed by atoms with E-state index in [0.717, 1.165) is 0 Å². The molecule has 0 aliphatic heterocycles. The first-order valence-corrected chi connectivity index (χ1v) is 3.83. The van der Waals surface area contributed by atoms with E-state index in [9.17, 15) is 4.79 Å². The molecule has 0 fully saturated rings. The van der Waals surface area contributed by atoms with Crippen molar-refractivity contribution in [3.63, 3.8) is 0 Å². The van der Waals surface area contributed by atoms with Crippen LogP contribution in [0.4, 0.5) is 5.00 Å². The molecule has 0 radical (unpaired) electrons. The number of hydrogen-bond acceptors (Lipinski definition) is 5. The summed E-state index contributed by atoms with van der Waals surface area (Å²) in [6.45, 7) is 0. The van der Waals surface area contributed by atoms with Crippen LogP contribution in [-0.2, 0) is 4.79 Å². The third-order valence-corrected chi connectivity index (χ3v) is 1.96. The van der Waals surface area contributed by atoms with Gasteiger partial charge in [-0.15, -0.1) is 11.3 Å². The summed E-state index contributed by atoms with van der Waals surface area (Å²) in [7, 11) is 0. The van der Waals surface area contributed by atoms with Crippen LogP contribution in [0.5, 0.6) is 0 Å². The van der Waals surface area contributed by atoms with Gasteiger partial charge >= 0.3 is 5.97 Å². The van der Waals surface area contributed by atoms with Crippen LogP contribution in [0.3, 0.4) is 0 Å². The van der Waals surface area contributed by atoms with E-state index in [2.05, 4.69) is 5.16 Å². The first-order chi connectivity index (χ1) is 5.65. The van der Waals surface area contributed by atoms with Crippen molar-refractivity contribution in [3.8, 4) is 0 Å². The Bertz CT molecular complexity index is 331. The summed E-state index contributed by atoms with van der Waals surface area (Å²) in [6.07, 6.45) is 0. The fraction of sp³-hybridized carbons (Fsp3) is 0. The van der Waals surface area contributed by atoms with Gasteiger partial charge in [0.2, 0.25) is 0 Å². The molecule has 0 saturated heterocycles. The van der Waals surface area contributed by atoms with Gasteiger partial charge in [-0.3, -0.25) is 0 Å². The number of nitrogen functional groups attached to an aromatic ring is 1. The Morgan fingerprint density at radius 3 is 2.67 bits per heavy atom. The Kier molecular flexibility index (Phi) is 2.29. The minimum Gasteiger partial charge on any atom is -0.476 e. The van der Waals surface area contributed by atoms with Crippen LogP contribution < -0.4 is 5.73 Å². The molecule has 0 amide bonds. The molecule has 4 N–H and O–H groups in total. The number of aliphatic carboxylic acids is 1. The average Bonchev–Trinajstić information content (AvgIpc) is 2.37. The highest BCUT2D eigenvalue weighted by molar-refractivity contribution is 7.14. The monoisotopic (exact) mass is 186 g/mol. The molecule has 1 rings (SSSR count). The molecule has 64 valence electrons. The summed E-state index contributed by atoms with van der Waals surface area (Å²) < 4.78 is 0. The topological polar surface area (TPSA) is 95.9 Å². The molecule has 0 bridgehead atoms. The smallest absolute Gasteiger partial charge is 0.358 e. The summed E-state index contributed by atoms with van der Waals surface area (Å²) in [4.78, 5) is 10.4. The number of anilines is 1. The normalized spacial score (nSPS) is 11.5. The average molecular weight is 186 g/mol. The molecule has 0 spiro atoms. The number of carboxylic acid groups (broad SMARTS) is 1. The Morgan fingerprint density at radius 2 is 2.33 bits per heavy atom. The lowest BCUT2D eigenvalue weighted by Crippen LogP contribution is -2.13. The molecule has 0 aromatic carbocycles. The largest absolute Gasteiger partial charge is 0.476 e. The van der Waals surface area contributed by atoms with Gasteiger partial charge in [-0.05, 0) is 6.07 Å². The fourth-order valence-electron chi connectivity index (χ4n) is 0.701. The Labute approximate surface area is 71.7 Å². The highest BCUT2D eigenvalue weighted by Crippen LogP contribution is 2.17. The summed E-state index contributed by atoms with van der Waals surface area (Å²) >= 11 is 1.19.